The summed E-state index contributed by atoms with van der Waals surface area (Å²) < 4.78 is 39.4. The van der Waals surface area contributed by atoms with Crippen molar-refractivity contribution >= 4 is 5.78 Å². The van der Waals surface area contributed by atoms with Crippen molar-refractivity contribution in [3.63, 3.8) is 0 Å². The standard InChI is InChI=1S/C14H11F3N2O/c15-14(16,17)9-3-1-4-10(7-9)19-8-11-12(18-19)5-2-6-13(11)20/h1,3-4,7-8H,2,5-6H2. The van der Waals surface area contributed by atoms with Gasteiger partial charge >= 0.3 is 6.18 Å². The molecule has 0 amide bonds. The summed E-state index contributed by atoms with van der Waals surface area (Å²) in [5, 5.41) is 4.22. The summed E-state index contributed by atoms with van der Waals surface area (Å²) >= 11 is 0. The fraction of sp³-hybridized carbons (Fsp3) is 0.286. The van der Waals surface area contributed by atoms with E-state index >= 15 is 0 Å². The number of carbonyl (C=O) groups excluding carboxylic acids is 1. The van der Waals surface area contributed by atoms with Crippen LogP contribution >= 0.6 is 0 Å². The molecular formula is C14H11F3N2O. The number of alkyl halides is 3. The molecule has 1 heterocycles. The van der Waals surface area contributed by atoms with Gasteiger partial charge in [-0.05, 0) is 31.0 Å². The molecule has 1 aromatic carbocycles. The van der Waals surface area contributed by atoms with Gasteiger partial charge in [-0.15, -0.1) is 0 Å². The maximum atomic E-state index is 12.7. The van der Waals surface area contributed by atoms with Crippen LogP contribution in [0.4, 0.5) is 13.2 Å². The molecule has 0 fully saturated rings. The van der Waals surface area contributed by atoms with Gasteiger partial charge < -0.3 is 0 Å². The number of ketones is 1. The molecule has 0 saturated carbocycles. The molecule has 0 unspecified atom stereocenters. The van der Waals surface area contributed by atoms with Gasteiger partial charge in [-0.2, -0.15) is 18.3 Å². The second-order valence-electron chi connectivity index (χ2n) is 4.76. The molecule has 0 N–H and O–H groups in total. The van der Waals surface area contributed by atoms with Gasteiger partial charge in [0.1, 0.15) is 0 Å². The Kier molecular flexibility index (Phi) is 2.88. The molecule has 0 spiro atoms. The van der Waals surface area contributed by atoms with Crippen LogP contribution in [-0.2, 0) is 12.6 Å². The van der Waals surface area contributed by atoms with Gasteiger partial charge in [-0.1, -0.05) is 6.07 Å². The van der Waals surface area contributed by atoms with Crippen molar-refractivity contribution in [1.29, 1.82) is 0 Å². The number of fused-ring (bicyclic) bond motifs is 1. The lowest BCUT2D eigenvalue weighted by Crippen LogP contribution is -2.08. The molecule has 0 radical (unpaired) electrons. The highest BCUT2D eigenvalue weighted by Gasteiger charge is 2.30. The molecule has 2 aromatic rings. The van der Waals surface area contributed by atoms with E-state index in [1.807, 2.05) is 0 Å². The summed E-state index contributed by atoms with van der Waals surface area (Å²) in [7, 11) is 0. The summed E-state index contributed by atoms with van der Waals surface area (Å²) in [6.07, 6.45) is -0.968. The zero-order chi connectivity index (χ0) is 14.3. The lowest BCUT2D eigenvalue weighted by Gasteiger charge is -2.08. The minimum absolute atomic E-state index is 0.00414. The van der Waals surface area contributed by atoms with Gasteiger partial charge in [0, 0.05) is 12.6 Å². The van der Waals surface area contributed by atoms with E-state index < -0.39 is 11.7 Å². The van der Waals surface area contributed by atoms with E-state index in [1.165, 1.54) is 23.0 Å². The monoisotopic (exact) mass is 280 g/mol. The maximum absolute atomic E-state index is 12.7. The maximum Gasteiger partial charge on any atom is 0.416 e. The second kappa shape index (κ2) is 4.47. The van der Waals surface area contributed by atoms with Crippen LogP contribution in [0.1, 0.15) is 34.5 Å². The predicted octanol–water partition coefficient (Wildman–Crippen LogP) is 3.41. The summed E-state index contributed by atoms with van der Waals surface area (Å²) in [4.78, 5) is 11.7. The second-order valence-corrected chi connectivity index (χ2v) is 4.76. The fourth-order valence-corrected chi connectivity index (χ4v) is 2.34. The van der Waals surface area contributed by atoms with Gasteiger partial charge in [0.15, 0.2) is 5.78 Å². The normalized spacial score (nSPS) is 15.2. The third kappa shape index (κ3) is 2.21. The van der Waals surface area contributed by atoms with Crippen LogP contribution in [0.5, 0.6) is 0 Å². The number of aromatic nitrogens is 2. The van der Waals surface area contributed by atoms with E-state index in [2.05, 4.69) is 5.10 Å². The van der Waals surface area contributed by atoms with Crippen LogP contribution in [0.15, 0.2) is 30.5 Å². The van der Waals surface area contributed by atoms with E-state index in [1.54, 1.807) is 0 Å². The van der Waals surface area contributed by atoms with Gasteiger partial charge in [-0.25, -0.2) is 4.68 Å². The average molecular weight is 280 g/mol. The number of hydrogen-bond donors (Lipinski definition) is 0. The molecule has 20 heavy (non-hydrogen) atoms. The highest BCUT2D eigenvalue weighted by molar-refractivity contribution is 5.97. The number of hydrogen-bond acceptors (Lipinski definition) is 2. The number of halogens is 3. The summed E-state index contributed by atoms with van der Waals surface area (Å²) in [6, 6.07) is 4.92. The van der Waals surface area contributed by atoms with E-state index in [0.717, 1.165) is 18.6 Å². The van der Waals surface area contributed by atoms with E-state index in [9.17, 15) is 18.0 Å². The van der Waals surface area contributed by atoms with Gasteiger partial charge in [0.05, 0.1) is 22.5 Å². The Balaban J connectivity index is 2.04. The van der Waals surface area contributed by atoms with Crippen molar-refractivity contribution in [2.45, 2.75) is 25.4 Å². The Morgan fingerprint density at radius 3 is 2.70 bits per heavy atom. The molecule has 104 valence electrons. The summed E-state index contributed by atoms with van der Waals surface area (Å²) in [5.41, 5.74) is 0.768. The number of carbonyl (C=O) groups is 1. The Labute approximate surface area is 113 Å². The van der Waals surface area contributed by atoms with Gasteiger partial charge in [-0.3, -0.25) is 4.79 Å². The third-order valence-electron chi connectivity index (χ3n) is 3.35. The minimum Gasteiger partial charge on any atom is -0.294 e. The average Bonchev–Trinajstić information content (AvgIpc) is 2.83. The molecule has 3 nitrogen and oxygen atoms in total. The smallest absolute Gasteiger partial charge is 0.294 e. The summed E-state index contributed by atoms with van der Waals surface area (Å²) in [5.74, 6) is 0.00414. The minimum atomic E-state index is -4.39. The van der Waals surface area contributed by atoms with E-state index in [0.29, 0.717) is 29.8 Å². The molecule has 0 saturated heterocycles. The van der Waals surface area contributed by atoms with E-state index in [4.69, 9.17) is 0 Å². The van der Waals surface area contributed by atoms with Crippen molar-refractivity contribution in [2.75, 3.05) is 0 Å². The number of rotatable bonds is 1. The molecule has 6 heteroatoms. The largest absolute Gasteiger partial charge is 0.416 e. The van der Waals surface area contributed by atoms with Crippen molar-refractivity contribution in [3.05, 3.63) is 47.3 Å². The zero-order valence-electron chi connectivity index (χ0n) is 10.4. The zero-order valence-corrected chi connectivity index (χ0v) is 10.4. The van der Waals surface area contributed by atoms with Crippen molar-refractivity contribution < 1.29 is 18.0 Å². The lowest BCUT2D eigenvalue weighted by atomic mass is 9.97. The lowest BCUT2D eigenvalue weighted by molar-refractivity contribution is -0.137. The first-order valence-corrected chi connectivity index (χ1v) is 6.24. The Hall–Kier alpha value is -2.11. The van der Waals surface area contributed by atoms with Crippen LogP contribution in [0.25, 0.3) is 5.69 Å². The molecule has 3 rings (SSSR count). The highest BCUT2D eigenvalue weighted by atomic mass is 19.4. The topological polar surface area (TPSA) is 34.9 Å². The molecular weight excluding hydrogens is 269 g/mol. The first-order chi connectivity index (χ1) is 9.45. The van der Waals surface area contributed by atoms with Crippen molar-refractivity contribution in [2.24, 2.45) is 0 Å². The Morgan fingerprint density at radius 1 is 1.20 bits per heavy atom. The SMILES string of the molecule is O=C1CCCc2nn(-c3cccc(C(F)(F)F)c3)cc21. The Bertz CT molecular complexity index is 673. The van der Waals surface area contributed by atoms with Crippen LogP contribution in [0.3, 0.4) is 0 Å². The van der Waals surface area contributed by atoms with Crippen LogP contribution in [0.2, 0.25) is 0 Å². The summed E-state index contributed by atoms with van der Waals surface area (Å²) in [6.45, 7) is 0. The van der Waals surface area contributed by atoms with Crippen LogP contribution in [-0.4, -0.2) is 15.6 Å². The molecule has 1 aliphatic carbocycles. The third-order valence-corrected chi connectivity index (χ3v) is 3.35. The molecule has 1 aromatic heterocycles. The number of Topliss-reactive ketones (excluding diaryl/α,β-unsaturated/α-hetero) is 1. The first-order valence-electron chi connectivity index (χ1n) is 6.24. The van der Waals surface area contributed by atoms with Crippen molar-refractivity contribution in [3.8, 4) is 5.69 Å². The van der Waals surface area contributed by atoms with Gasteiger partial charge in [0.2, 0.25) is 0 Å². The van der Waals surface area contributed by atoms with Crippen LogP contribution < -0.4 is 0 Å². The quantitative estimate of drug-likeness (QED) is 0.802. The molecule has 0 atom stereocenters. The molecule has 0 bridgehead atoms. The number of nitrogens with zero attached hydrogens (tertiary/aromatic N) is 2. The van der Waals surface area contributed by atoms with Crippen LogP contribution in [0, 0.1) is 0 Å². The predicted molar refractivity (Wildman–Crippen MR) is 65.8 cm³/mol. The number of aryl methyl sites for hydroxylation is 1. The fourth-order valence-electron chi connectivity index (χ4n) is 2.34. The molecule has 0 aliphatic heterocycles. The first kappa shape index (κ1) is 12.9. The Morgan fingerprint density at radius 2 is 2.00 bits per heavy atom. The van der Waals surface area contributed by atoms with Crippen molar-refractivity contribution in [1.82, 2.24) is 9.78 Å². The van der Waals surface area contributed by atoms with E-state index in [-0.39, 0.29) is 5.78 Å². The number of benzene rings is 1. The molecule has 1 aliphatic rings. The highest BCUT2D eigenvalue weighted by Crippen LogP contribution is 2.30. The van der Waals surface area contributed by atoms with Gasteiger partial charge in [0.25, 0.3) is 0 Å².